The smallest absolute Gasteiger partial charge is 0.409 e. The lowest BCUT2D eigenvalue weighted by atomic mass is 9.82. The number of hydrogen-bond donors (Lipinski definition) is 3. The van der Waals surface area contributed by atoms with E-state index in [1.165, 1.54) is 0 Å². The van der Waals surface area contributed by atoms with E-state index in [-0.39, 0.29) is 36.3 Å². The van der Waals surface area contributed by atoms with Crippen molar-refractivity contribution in [3.05, 3.63) is 23.8 Å². The molecule has 0 bridgehead atoms. The third-order valence-electron chi connectivity index (χ3n) is 9.08. The molecular formula is C41H75N3O8. The number of alkyl carbamates (subject to hydrolysis) is 1. The number of methoxy groups -OCH3 is 2. The van der Waals surface area contributed by atoms with Crippen LogP contribution >= 0.6 is 0 Å². The average Bonchev–Trinajstić information content (AvgIpc) is 3.09. The minimum Gasteiger partial charge on any atom is -0.493 e. The molecule has 0 saturated heterocycles. The SMILES string of the molecule is CC.CCCCOC(=O)NC(C)(C)OC(CCC(Cc1ccc(OC)c(OCCCOC)c1)C(C)C)CC(C(=O)NCC(C)(C)C(=O)NC)C(C)C. The molecule has 0 radical (unpaired) electrons. The lowest BCUT2D eigenvalue weighted by Crippen LogP contribution is -2.49. The lowest BCUT2D eigenvalue weighted by Gasteiger charge is -2.35. The maximum Gasteiger partial charge on any atom is 0.409 e. The van der Waals surface area contributed by atoms with E-state index in [1.807, 2.05) is 68.4 Å². The summed E-state index contributed by atoms with van der Waals surface area (Å²) in [4.78, 5) is 38.6. The molecule has 3 unspecified atom stereocenters. The van der Waals surface area contributed by atoms with Gasteiger partial charge in [-0.05, 0) is 95.2 Å². The van der Waals surface area contributed by atoms with Gasteiger partial charge in [0.1, 0.15) is 5.72 Å². The molecule has 1 aromatic rings. The molecule has 0 heterocycles. The molecule has 0 saturated carbocycles. The van der Waals surface area contributed by atoms with Crippen LogP contribution in [-0.2, 0) is 30.2 Å². The van der Waals surface area contributed by atoms with Crippen LogP contribution in [0.2, 0.25) is 0 Å². The van der Waals surface area contributed by atoms with Crippen LogP contribution in [0.5, 0.6) is 11.5 Å². The molecule has 0 aliphatic rings. The van der Waals surface area contributed by atoms with E-state index in [0.29, 0.717) is 56.0 Å². The van der Waals surface area contributed by atoms with Gasteiger partial charge in [0.15, 0.2) is 11.5 Å². The van der Waals surface area contributed by atoms with Crippen LogP contribution in [0, 0.1) is 29.1 Å². The molecule has 3 N–H and O–H groups in total. The van der Waals surface area contributed by atoms with Crippen molar-refractivity contribution in [1.82, 2.24) is 16.0 Å². The van der Waals surface area contributed by atoms with E-state index < -0.39 is 17.2 Å². The summed E-state index contributed by atoms with van der Waals surface area (Å²) in [5, 5.41) is 8.57. The van der Waals surface area contributed by atoms with Crippen LogP contribution in [0.1, 0.15) is 120 Å². The highest BCUT2D eigenvalue weighted by atomic mass is 16.6. The number of benzene rings is 1. The normalized spacial score (nSPS) is 13.4. The van der Waals surface area contributed by atoms with Crippen LogP contribution in [0.3, 0.4) is 0 Å². The largest absolute Gasteiger partial charge is 0.493 e. The number of carbonyl (C=O) groups excluding carboxylic acids is 3. The lowest BCUT2D eigenvalue weighted by molar-refractivity contribution is -0.134. The first-order valence-electron chi connectivity index (χ1n) is 19.4. The predicted molar refractivity (Wildman–Crippen MR) is 210 cm³/mol. The van der Waals surface area contributed by atoms with Crippen molar-refractivity contribution >= 4 is 17.9 Å². The maximum atomic E-state index is 13.6. The molecule has 302 valence electrons. The highest BCUT2D eigenvalue weighted by molar-refractivity contribution is 5.84. The minimum absolute atomic E-state index is 0.0156. The van der Waals surface area contributed by atoms with Gasteiger partial charge in [-0.3, -0.25) is 14.9 Å². The Labute approximate surface area is 316 Å². The van der Waals surface area contributed by atoms with Gasteiger partial charge in [-0.1, -0.05) is 61.0 Å². The Morgan fingerprint density at radius 1 is 0.865 bits per heavy atom. The number of unbranched alkanes of at least 4 members (excludes halogenated alkanes) is 1. The second kappa shape index (κ2) is 25.8. The Morgan fingerprint density at radius 2 is 1.54 bits per heavy atom. The molecule has 11 heteroatoms. The van der Waals surface area contributed by atoms with Crippen LogP contribution in [0.4, 0.5) is 4.79 Å². The van der Waals surface area contributed by atoms with Crippen LogP contribution < -0.4 is 25.4 Å². The van der Waals surface area contributed by atoms with E-state index in [9.17, 15) is 14.4 Å². The number of nitrogens with one attached hydrogen (secondary N) is 3. The molecule has 0 aliphatic heterocycles. The van der Waals surface area contributed by atoms with Crippen molar-refractivity contribution in [2.75, 3.05) is 47.6 Å². The van der Waals surface area contributed by atoms with Crippen LogP contribution in [0.15, 0.2) is 18.2 Å². The Kier molecular flexibility index (Phi) is 24.3. The topological polar surface area (TPSA) is 133 Å². The van der Waals surface area contributed by atoms with Gasteiger partial charge >= 0.3 is 6.09 Å². The van der Waals surface area contributed by atoms with Gasteiger partial charge in [0.05, 0.1) is 31.8 Å². The standard InChI is InChI=1S/C39H69N3O8.C2H6/c1-13-14-21-49-37(45)42-39(8,9)50-31(25-32(28(4)5)35(43)41-26-38(6,7)36(44)40-10)18-17-30(27(2)3)23-29-16-19-33(47-12)34(24-29)48-22-15-20-46-11;1-2/h16,19,24,27-28,30-32H,13-15,17-18,20-23,25-26H2,1-12H3,(H,40,44)(H,41,43)(H,42,45);1-2H3. The highest BCUT2D eigenvalue weighted by Gasteiger charge is 2.34. The summed E-state index contributed by atoms with van der Waals surface area (Å²) in [6.07, 6.45) is 4.41. The molecule has 3 atom stereocenters. The number of hydrogen-bond acceptors (Lipinski definition) is 8. The molecule has 3 amide bonds. The summed E-state index contributed by atoms with van der Waals surface area (Å²) in [7, 11) is 4.91. The zero-order chi connectivity index (χ0) is 39.9. The Bertz CT molecular complexity index is 1150. The monoisotopic (exact) mass is 738 g/mol. The summed E-state index contributed by atoms with van der Waals surface area (Å²) in [5.74, 6) is 1.48. The maximum absolute atomic E-state index is 13.6. The molecule has 52 heavy (non-hydrogen) atoms. The summed E-state index contributed by atoms with van der Waals surface area (Å²) < 4.78 is 28.8. The molecule has 0 aromatic heterocycles. The Hall–Kier alpha value is -3.05. The van der Waals surface area contributed by atoms with Gasteiger partial charge in [-0.25, -0.2) is 4.79 Å². The Balaban J connectivity index is 0.0000128. The van der Waals surface area contributed by atoms with Crippen LogP contribution in [-0.4, -0.2) is 77.4 Å². The van der Waals surface area contributed by atoms with E-state index in [4.69, 9.17) is 23.7 Å². The van der Waals surface area contributed by atoms with Crippen molar-refractivity contribution in [2.45, 2.75) is 133 Å². The summed E-state index contributed by atoms with van der Waals surface area (Å²) in [6, 6.07) is 6.10. The highest BCUT2D eigenvalue weighted by Crippen LogP contribution is 2.33. The second-order valence-corrected chi connectivity index (χ2v) is 15.1. The minimum atomic E-state index is -1.04. The summed E-state index contributed by atoms with van der Waals surface area (Å²) >= 11 is 0. The third kappa shape index (κ3) is 19.1. The molecule has 11 nitrogen and oxygen atoms in total. The fourth-order valence-corrected chi connectivity index (χ4v) is 5.81. The number of rotatable bonds is 25. The van der Waals surface area contributed by atoms with Crippen molar-refractivity contribution in [2.24, 2.45) is 29.1 Å². The van der Waals surface area contributed by atoms with Crippen molar-refractivity contribution in [3.8, 4) is 11.5 Å². The second-order valence-electron chi connectivity index (χ2n) is 15.1. The summed E-state index contributed by atoms with van der Waals surface area (Å²) in [6.45, 7) is 23.5. The molecular weight excluding hydrogens is 662 g/mol. The number of ether oxygens (including phenoxy) is 5. The summed E-state index contributed by atoms with van der Waals surface area (Å²) in [5.41, 5.74) is -0.642. The zero-order valence-electron chi connectivity index (χ0n) is 35.2. The number of amides is 3. The first-order chi connectivity index (χ1) is 24.5. The van der Waals surface area contributed by atoms with Crippen LogP contribution in [0.25, 0.3) is 0 Å². The van der Waals surface area contributed by atoms with E-state index in [0.717, 1.165) is 37.7 Å². The predicted octanol–water partition coefficient (Wildman–Crippen LogP) is 7.93. The molecule has 1 rings (SSSR count). The molecule has 0 spiro atoms. The molecule has 0 fully saturated rings. The van der Waals surface area contributed by atoms with E-state index in [2.05, 4.69) is 41.9 Å². The van der Waals surface area contributed by atoms with Gasteiger partial charge in [0, 0.05) is 39.6 Å². The molecule has 1 aromatic carbocycles. The fourth-order valence-electron chi connectivity index (χ4n) is 5.81. The van der Waals surface area contributed by atoms with E-state index in [1.54, 1.807) is 21.3 Å². The average molecular weight is 738 g/mol. The number of carbonyl (C=O) groups is 3. The molecule has 0 aliphatic carbocycles. The van der Waals surface area contributed by atoms with Crippen molar-refractivity contribution in [3.63, 3.8) is 0 Å². The third-order valence-corrected chi connectivity index (χ3v) is 9.08. The van der Waals surface area contributed by atoms with Crippen molar-refractivity contribution in [1.29, 1.82) is 0 Å². The van der Waals surface area contributed by atoms with Gasteiger partial charge in [-0.15, -0.1) is 0 Å². The van der Waals surface area contributed by atoms with Gasteiger partial charge in [0.2, 0.25) is 11.8 Å². The van der Waals surface area contributed by atoms with Gasteiger partial charge in [0.25, 0.3) is 0 Å². The first-order valence-corrected chi connectivity index (χ1v) is 19.4. The zero-order valence-corrected chi connectivity index (χ0v) is 35.2. The fraction of sp³-hybridized carbons (Fsp3) is 0.780. The first kappa shape index (κ1) is 49.0. The van der Waals surface area contributed by atoms with Gasteiger partial charge in [-0.2, -0.15) is 0 Å². The Morgan fingerprint density at radius 3 is 2.10 bits per heavy atom. The van der Waals surface area contributed by atoms with E-state index >= 15 is 0 Å². The van der Waals surface area contributed by atoms with Gasteiger partial charge < -0.3 is 34.3 Å². The van der Waals surface area contributed by atoms with Crippen molar-refractivity contribution < 1.29 is 38.1 Å². The quantitative estimate of drug-likeness (QED) is 0.0681.